The average Bonchev–Trinajstić information content (AvgIpc) is 3.56. The van der Waals surface area contributed by atoms with Gasteiger partial charge in [-0.2, -0.15) is 0 Å². The van der Waals surface area contributed by atoms with Crippen molar-refractivity contribution in [1.29, 1.82) is 0 Å². The van der Waals surface area contributed by atoms with Crippen molar-refractivity contribution >= 4 is 57.1 Å². The maximum atomic E-state index is 12.8. The molecule has 1 atom stereocenters. The lowest BCUT2D eigenvalue weighted by Crippen LogP contribution is -2.22. The Morgan fingerprint density at radius 1 is 0.971 bits per heavy atom. The van der Waals surface area contributed by atoms with Crippen molar-refractivity contribution < 1.29 is 19.1 Å². The lowest BCUT2D eigenvalue weighted by atomic mass is 10.1. The number of benzene rings is 2. The molecule has 0 aliphatic carbocycles. The molecule has 10 heteroatoms. The van der Waals surface area contributed by atoms with E-state index in [0.717, 1.165) is 16.2 Å². The summed E-state index contributed by atoms with van der Waals surface area (Å²) in [5.74, 6) is 0.946. The zero-order valence-electron chi connectivity index (χ0n) is 19.2. The van der Waals surface area contributed by atoms with Crippen molar-refractivity contribution in [2.75, 3.05) is 24.9 Å². The number of thiophene rings is 1. The van der Waals surface area contributed by atoms with Gasteiger partial charge in [-0.3, -0.25) is 9.59 Å². The summed E-state index contributed by atoms with van der Waals surface area (Å²) in [7, 11) is 3.17. The molecular weight excluding hydrogens is 502 g/mol. The molecule has 2 aromatic heterocycles. The first kappa shape index (κ1) is 24.8. The Morgan fingerprint density at radius 2 is 1.80 bits per heavy atom. The lowest BCUT2D eigenvalue weighted by Gasteiger charge is -2.12. The van der Waals surface area contributed by atoms with Crippen molar-refractivity contribution in [2.24, 2.45) is 0 Å². The summed E-state index contributed by atoms with van der Waals surface area (Å²) in [6.45, 7) is 1.83. The lowest BCUT2D eigenvalue weighted by molar-refractivity contribution is -0.115. The zero-order chi connectivity index (χ0) is 24.8. The van der Waals surface area contributed by atoms with Gasteiger partial charge in [-0.15, -0.1) is 34.4 Å². The van der Waals surface area contributed by atoms with E-state index in [1.165, 1.54) is 34.4 Å². The Bertz CT molecular complexity index is 1320. The molecule has 4 aromatic rings. The van der Waals surface area contributed by atoms with E-state index in [0.29, 0.717) is 27.2 Å². The molecule has 4 rings (SSSR count). The van der Waals surface area contributed by atoms with Crippen LogP contribution in [0.1, 0.15) is 16.6 Å². The van der Waals surface area contributed by atoms with Gasteiger partial charge in [0.05, 0.1) is 30.0 Å². The van der Waals surface area contributed by atoms with E-state index >= 15 is 0 Å². The first-order valence-electron chi connectivity index (χ1n) is 10.6. The molecule has 1 unspecified atom stereocenters. The summed E-state index contributed by atoms with van der Waals surface area (Å²) in [4.78, 5) is 31.2. The number of nitrogens with one attached hydrogen (secondary N) is 2. The topological polar surface area (TPSA) is 89.6 Å². The van der Waals surface area contributed by atoms with Crippen LogP contribution in [0.25, 0.3) is 11.3 Å². The number of nitrogens with zero attached hydrogens (tertiary/aromatic N) is 1. The minimum atomic E-state index is -0.369. The fourth-order valence-corrected chi connectivity index (χ4v) is 5.44. The number of amides is 2. The molecule has 0 radical (unpaired) electrons. The predicted molar refractivity (Wildman–Crippen MR) is 143 cm³/mol. The van der Waals surface area contributed by atoms with Crippen LogP contribution >= 0.6 is 34.4 Å². The molecule has 0 bridgehead atoms. The average molecular weight is 526 g/mol. The van der Waals surface area contributed by atoms with Crippen LogP contribution in [0.5, 0.6) is 11.5 Å². The molecule has 2 N–H and O–H groups in total. The van der Waals surface area contributed by atoms with Crippen LogP contribution < -0.4 is 20.1 Å². The van der Waals surface area contributed by atoms with Gasteiger partial charge in [0.2, 0.25) is 5.91 Å². The molecule has 0 aliphatic heterocycles. The van der Waals surface area contributed by atoms with Crippen molar-refractivity contribution in [3.05, 3.63) is 70.2 Å². The fourth-order valence-electron chi connectivity index (χ4n) is 3.17. The molecule has 0 saturated carbocycles. The molecule has 2 amide bonds. The van der Waals surface area contributed by atoms with Crippen LogP contribution in [-0.2, 0) is 4.79 Å². The Morgan fingerprint density at radius 3 is 2.54 bits per heavy atom. The second kappa shape index (κ2) is 11.4. The van der Waals surface area contributed by atoms with Crippen molar-refractivity contribution in [3.63, 3.8) is 0 Å². The Balaban J connectivity index is 1.37. The van der Waals surface area contributed by atoms with Crippen LogP contribution in [0.4, 0.5) is 10.8 Å². The van der Waals surface area contributed by atoms with Gasteiger partial charge in [-0.05, 0) is 54.8 Å². The highest BCUT2D eigenvalue weighted by molar-refractivity contribution is 8.00. The number of ether oxygens (including phenoxy) is 2. The monoisotopic (exact) mass is 525 g/mol. The van der Waals surface area contributed by atoms with Gasteiger partial charge in [0, 0.05) is 21.5 Å². The van der Waals surface area contributed by atoms with E-state index in [4.69, 9.17) is 9.47 Å². The van der Waals surface area contributed by atoms with Gasteiger partial charge in [-0.25, -0.2) is 4.98 Å². The normalized spacial score (nSPS) is 11.5. The third kappa shape index (κ3) is 6.21. The van der Waals surface area contributed by atoms with E-state index in [1.807, 2.05) is 66.2 Å². The summed E-state index contributed by atoms with van der Waals surface area (Å²) in [5.41, 5.74) is 2.28. The number of hydrogen-bond acceptors (Lipinski definition) is 8. The van der Waals surface area contributed by atoms with E-state index in [9.17, 15) is 9.59 Å². The van der Waals surface area contributed by atoms with Crippen LogP contribution in [-0.4, -0.2) is 36.3 Å². The maximum absolute atomic E-state index is 12.8. The summed E-state index contributed by atoms with van der Waals surface area (Å²) in [5, 5.41) is 9.68. The number of aromatic nitrogens is 1. The molecule has 0 saturated heterocycles. The zero-order valence-corrected chi connectivity index (χ0v) is 21.7. The van der Waals surface area contributed by atoms with Crippen molar-refractivity contribution in [3.8, 4) is 22.8 Å². The number of thioether (sulfide) groups is 1. The molecule has 0 aliphatic rings. The van der Waals surface area contributed by atoms with Gasteiger partial charge in [0.25, 0.3) is 5.91 Å². The van der Waals surface area contributed by atoms with E-state index in [1.54, 1.807) is 20.3 Å². The third-order valence-electron chi connectivity index (χ3n) is 4.93. The van der Waals surface area contributed by atoms with Crippen LogP contribution in [0.15, 0.2) is 70.3 Å². The molecule has 35 heavy (non-hydrogen) atoms. The molecule has 7 nitrogen and oxygen atoms in total. The number of hydrogen-bond donors (Lipinski definition) is 2. The van der Waals surface area contributed by atoms with Gasteiger partial charge in [-0.1, -0.05) is 12.1 Å². The van der Waals surface area contributed by atoms with Gasteiger partial charge in [0.1, 0.15) is 0 Å². The van der Waals surface area contributed by atoms with Crippen LogP contribution in [0, 0.1) is 0 Å². The highest BCUT2D eigenvalue weighted by Gasteiger charge is 2.17. The largest absolute Gasteiger partial charge is 0.493 e. The van der Waals surface area contributed by atoms with Crippen molar-refractivity contribution in [1.82, 2.24) is 4.98 Å². The highest BCUT2D eigenvalue weighted by Crippen LogP contribution is 2.34. The summed E-state index contributed by atoms with van der Waals surface area (Å²) < 4.78 is 10.6. The first-order valence-corrected chi connectivity index (χ1v) is 13.2. The number of thiazole rings is 1. The third-order valence-corrected chi connectivity index (χ3v) is 7.65. The number of methoxy groups -OCH3 is 2. The molecule has 180 valence electrons. The SMILES string of the molecule is COc1ccc(-c2csc(NC(=O)C(C)Sc3cccc(NC(=O)c4cccs4)c3)n2)cc1OC. The summed E-state index contributed by atoms with van der Waals surface area (Å²) >= 11 is 4.15. The summed E-state index contributed by atoms with van der Waals surface area (Å²) in [6, 6.07) is 16.6. The molecule has 2 heterocycles. The second-order valence-electron chi connectivity index (χ2n) is 7.32. The highest BCUT2D eigenvalue weighted by atomic mass is 32.2. The van der Waals surface area contributed by atoms with Crippen LogP contribution in [0.2, 0.25) is 0 Å². The van der Waals surface area contributed by atoms with E-state index in [-0.39, 0.29) is 17.1 Å². The number of rotatable bonds is 9. The Hall–Kier alpha value is -3.34. The van der Waals surface area contributed by atoms with Crippen molar-refractivity contribution in [2.45, 2.75) is 17.1 Å². The van der Waals surface area contributed by atoms with Gasteiger partial charge in [0.15, 0.2) is 16.6 Å². The minimum Gasteiger partial charge on any atom is -0.493 e. The molecule has 2 aromatic carbocycles. The summed E-state index contributed by atoms with van der Waals surface area (Å²) in [6.07, 6.45) is 0. The smallest absolute Gasteiger partial charge is 0.265 e. The number of carbonyl (C=O) groups excluding carboxylic acids is 2. The predicted octanol–water partition coefficient (Wildman–Crippen LogP) is 6.26. The number of anilines is 2. The van der Waals surface area contributed by atoms with E-state index < -0.39 is 0 Å². The first-order chi connectivity index (χ1) is 17.0. The molecule has 0 spiro atoms. The quantitative estimate of drug-likeness (QED) is 0.251. The Labute approximate surface area is 215 Å². The van der Waals surface area contributed by atoms with Crippen LogP contribution in [0.3, 0.4) is 0 Å². The maximum Gasteiger partial charge on any atom is 0.265 e. The minimum absolute atomic E-state index is 0.151. The Kier molecular flexibility index (Phi) is 8.06. The molecule has 0 fully saturated rings. The fraction of sp³-hybridized carbons (Fsp3) is 0.160. The standard InChI is InChI=1S/C25H23N3O4S3/c1-15(35-18-7-4-6-17(13-18)26-24(30)22-8-5-11-33-22)23(29)28-25-27-19(14-34-25)16-9-10-20(31-2)21(12-16)32-3/h4-15H,1-3H3,(H,26,30)(H,27,28,29). The second-order valence-corrected chi connectivity index (χ2v) is 10.5. The van der Waals surface area contributed by atoms with E-state index in [2.05, 4.69) is 15.6 Å². The number of carbonyl (C=O) groups is 2. The van der Waals surface area contributed by atoms with Gasteiger partial charge >= 0.3 is 0 Å². The van der Waals surface area contributed by atoms with Gasteiger partial charge < -0.3 is 20.1 Å². The molecular formula is C25H23N3O4S3.